The number of carbonyl (C=O) groups excluding carboxylic acids is 1. The van der Waals surface area contributed by atoms with Crippen LogP contribution in [-0.2, 0) is 14.3 Å². The van der Waals surface area contributed by atoms with Crippen molar-refractivity contribution >= 4 is 5.91 Å². The molecule has 0 radical (unpaired) electrons. The van der Waals surface area contributed by atoms with Gasteiger partial charge >= 0.3 is 0 Å². The molecule has 9 heteroatoms. The first kappa shape index (κ1) is 50.2. The van der Waals surface area contributed by atoms with Crippen molar-refractivity contribution < 1.29 is 39.8 Å². The zero-order valence-electron chi connectivity index (χ0n) is 34.2. The summed E-state index contributed by atoms with van der Waals surface area (Å²) in [6.45, 7) is 3.76. The van der Waals surface area contributed by atoms with Crippen LogP contribution in [-0.4, -0.2) is 87.5 Å². The van der Waals surface area contributed by atoms with Gasteiger partial charge in [-0.1, -0.05) is 165 Å². The third-order valence-corrected chi connectivity index (χ3v) is 10.2. The van der Waals surface area contributed by atoms with E-state index in [1.807, 2.05) is 0 Å². The third kappa shape index (κ3) is 26.1. The lowest BCUT2D eigenvalue weighted by molar-refractivity contribution is -0.302. The van der Waals surface area contributed by atoms with Crippen molar-refractivity contribution in [3.05, 3.63) is 48.6 Å². The smallest absolute Gasteiger partial charge is 0.220 e. The zero-order valence-corrected chi connectivity index (χ0v) is 34.2. The molecule has 0 aromatic heterocycles. The summed E-state index contributed by atoms with van der Waals surface area (Å²) in [6, 6.07) is -0.746. The van der Waals surface area contributed by atoms with Gasteiger partial charge in [0.15, 0.2) is 6.29 Å². The minimum Gasteiger partial charge on any atom is -0.394 e. The maximum atomic E-state index is 12.9. The number of hydrogen-bond donors (Lipinski definition) is 6. The summed E-state index contributed by atoms with van der Waals surface area (Å²) in [6.07, 6.45) is 37.0. The first-order valence-electron chi connectivity index (χ1n) is 21.8. The van der Waals surface area contributed by atoms with Gasteiger partial charge in [0, 0.05) is 6.42 Å². The molecule has 0 aliphatic carbocycles. The maximum absolute atomic E-state index is 12.9. The van der Waals surface area contributed by atoms with Gasteiger partial charge in [0.1, 0.15) is 24.4 Å². The molecule has 0 aromatic carbocycles. The summed E-state index contributed by atoms with van der Waals surface area (Å²) in [5.74, 6) is -0.202. The summed E-state index contributed by atoms with van der Waals surface area (Å²) in [5, 5.41) is 54.1. The van der Waals surface area contributed by atoms with Gasteiger partial charge in [-0.05, 0) is 51.4 Å². The summed E-state index contributed by atoms with van der Waals surface area (Å²) in [4.78, 5) is 12.9. The molecule has 9 nitrogen and oxygen atoms in total. The number of unbranched alkanes of at least 4 members (excludes halogenated alkanes) is 17. The van der Waals surface area contributed by atoms with Gasteiger partial charge in [-0.3, -0.25) is 4.79 Å². The molecule has 1 aliphatic heterocycles. The molecule has 1 heterocycles. The van der Waals surface area contributed by atoms with E-state index >= 15 is 0 Å². The predicted molar refractivity (Wildman–Crippen MR) is 221 cm³/mol. The van der Waals surface area contributed by atoms with Crippen LogP contribution in [0.5, 0.6) is 0 Å². The molecule has 0 spiro atoms. The quantitative estimate of drug-likeness (QED) is 0.0278. The summed E-state index contributed by atoms with van der Waals surface area (Å²) in [7, 11) is 0. The topological polar surface area (TPSA) is 149 Å². The van der Waals surface area contributed by atoms with Crippen molar-refractivity contribution in [3.63, 3.8) is 0 Å². The Balaban J connectivity index is 2.37. The number of aliphatic hydroxyl groups is 5. The fourth-order valence-electron chi connectivity index (χ4n) is 6.62. The molecule has 1 saturated heterocycles. The number of amides is 1. The lowest BCUT2D eigenvalue weighted by Gasteiger charge is -2.40. The van der Waals surface area contributed by atoms with Crippen molar-refractivity contribution in [2.45, 2.75) is 217 Å². The second-order valence-corrected chi connectivity index (χ2v) is 15.1. The molecule has 2 unspecified atom stereocenters. The maximum Gasteiger partial charge on any atom is 0.220 e. The number of hydrogen-bond acceptors (Lipinski definition) is 8. The van der Waals surface area contributed by atoms with Crippen LogP contribution < -0.4 is 5.32 Å². The lowest BCUT2D eigenvalue weighted by Crippen LogP contribution is -2.60. The van der Waals surface area contributed by atoms with Gasteiger partial charge < -0.3 is 40.3 Å². The molecule has 0 bridgehead atoms. The van der Waals surface area contributed by atoms with E-state index in [-0.39, 0.29) is 12.5 Å². The highest BCUT2D eigenvalue weighted by Crippen LogP contribution is 2.23. The van der Waals surface area contributed by atoms with Gasteiger partial charge in [0.05, 0.1) is 25.4 Å². The van der Waals surface area contributed by atoms with Gasteiger partial charge in [-0.15, -0.1) is 0 Å². The second kappa shape index (κ2) is 35.6. The van der Waals surface area contributed by atoms with Gasteiger partial charge in [-0.25, -0.2) is 0 Å². The predicted octanol–water partition coefficient (Wildman–Crippen LogP) is 8.67. The van der Waals surface area contributed by atoms with Crippen molar-refractivity contribution in [1.82, 2.24) is 5.32 Å². The van der Waals surface area contributed by atoms with Crippen molar-refractivity contribution in [3.8, 4) is 0 Å². The number of rotatable bonds is 35. The highest BCUT2D eigenvalue weighted by Gasteiger charge is 2.44. The van der Waals surface area contributed by atoms with Crippen LogP contribution >= 0.6 is 0 Å². The Morgan fingerprint density at radius 3 is 1.61 bits per heavy atom. The normalized spacial score (nSPS) is 21.9. The Morgan fingerprint density at radius 1 is 0.630 bits per heavy atom. The number of allylic oxidation sites excluding steroid dienone is 8. The van der Waals surface area contributed by atoms with Gasteiger partial charge in [0.25, 0.3) is 0 Å². The van der Waals surface area contributed by atoms with Crippen LogP contribution in [0.25, 0.3) is 0 Å². The molecule has 1 amide bonds. The van der Waals surface area contributed by atoms with Crippen molar-refractivity contribution in [2.24, 2.45) is 0 Å². The van der Waals surface area contributed by atoms with E-state index in [9.17, 15) is 30.3 Å². The van der Waals surface area contributed by atoms with E-state index in [0.717, 1.165) is 44.9 Å². The molecule has 1 rings (SSSR count). The van der Waals surface area contributed by atoms with Crippen LogP contribution in [0, 0.1) is 0 Å². The Hall–Kier alpha value is -1.85. The average Bonchev–Trinajstić information content (AvgIpc) is 3.17. The fourth-order valence-corrected chi connectivity index (χ4v) is 6.62. The monoisotopic (exact) mass is 764 g/mol. The summed E-state index contributed by atoms with van der Waals surface area (Å²) < 4.78 is 11.2. The summed E-state index contributed by atoms with van der Waals surface area (Å²) in [5.41, 5.74) is 0. The Labute approximate surface area is 329 Å². The minimum atomic E-state index is -1.56. The highest BCUT2D eigenvalue weighted by molar-refractivity contribution is 5.76. The standard InChI is InChI=1S/C45H81NO8/c1-3-5-7-9-11-13-15-16-17-18-19-20-21-22-23-24-25-27-29-31-33-35-41(49)46-38(37-53-45-44(52)43(51)42(50)40(36-47)54-45)39(48)34-32-30-28-26-14-12-10-8-6-4-2/h17-18,20-21,23-24,27,29,38-40,42-45,47-48,50-52H,3-16,19,22,25-26,28,30-37H2,1-2H3,(H,46,49)/b18-17+,21-20+,24-23+,29-27+/t38-,39+,40-,42-,43?,44?,45-/m0/s1. The highest BCUT2D eigenvalue weighted by atomic mass is 16.7. The molecular weight excluding hydrogens is 682 g/mol. The molecule has 6 N–H and O–H groups in total. The number of nitrogens with one attached hydrogen (secondary N) is 1. The average molecular weight is 764 g/mol. The van der Waals surface area contributed by atoms with Crippen LogP contribution in [0.1, 0.15) is 174 Å². The summed E-state index contributed by atoms with van der Waals surface area (Å²) >= 11 is 0. The minimum absolute atomic E-state index is 0.162. The first-order chi connectivity index (χ1) is 26.3. The third-order valence-electron chi connectivity index (χ3n) is 10.2. The Kier molecular flexibility index (Phi) is 33.0. The molecule has 1 fully saturated rings. The van der Waals surface area contributed by atoms with Crippen LogP contribution in [0.4, 0.5) is 0 Å². The zero-order chi connectivity index (χ0) is 39.5. The molecule has 54 heavy (non-hydrogen) atoms. The van der Waals surface area contributed by atoms with Gasteiger partial charge in [0.2, 0.25) is 5.91 Å². The molecule has 314 valence electrons. The van der Waals surface area contributed by atoms with E-state index in [1.54, 1.807) is 0 Å². The largest absolute Gasteiger partial charge is 0.394 e. The van der Waals surface area contributed by atoms with E-state index in [0.29, 0.717) is 19.3 Å². The van der Waals surface area contributed by atoms with Crippen molar-refractivity contribution in [1.29, 1.82) is 0 Å². The molecular formula is C45H81NO8. The van der Waals surface area contributed by atoms with Crippen LogP contribution in [0.2, 0.25) is 0 Å². The molecule has 0 saturated carbocycles. The molecule has 0 aromatic rings. The lowest BCUT2D eigenvalue weighted by atomic mass is 9.99. The number of ether oxygens (including phenoxy) is 2. The second-order valence-electron chi connectivity index (χ2n) is 15.1. The van der Waals surface area contributed by atoms with Crippen LogP contribution in [0.3, 0.4) is 0 Å². The van der Waals surface area contributed by atoms with Gasteiger partial charge in [-0.2, -0.15) is 0 Å². The van der Waals surface area contributed by atoms with E-state index in [1.165, 1.54) is 96.3 Å². The van der Waals surface area contributed by atoms with Crippen molar-refractivity contribution in [2.75, 3.05) is 13.2 Å². The fraction of sp³-hybridized carbons (Fsp3) is 0.800. The molecule has 1 aliphatic rings. The van der Waals surface area contributed by atoms with E-state index < -0.39 is 49.5 Å². The Morgan fingerprint density at radius 2 is 1.09 bits per heavy atom. The van der Waals surface area contributed by atoms with Crippen LogP contribution in [0.15, 0.2) is 48.6 Å². The number of aliphatic hydroxyl groups excluding tert-OH is 5. The van der Waals surface area contributed by atoms with E-state index in [2.05, 4.69) is 67.8 Å². The van der Waals surface area contributed by atoms with E-state index in [4.69, 9.17) is 9.47 Å². The SMILES string of the molecule is CCCCCCCCC/C=C/C/C=C/C/C=C/C/C=C/CCCC(=O)N[C@@H](CO[C@H]1O[C@@H](CO)[C@H](O)C(O)C1O)[C@H](O)CCCCCCCCCCCC. The number of carbonyl (C=O) groups is 1. The molecule has 7 atom stereocenters. The first-order valence-corrected chi connectivity index (χ1v) is 21.8. The Bertz CT molecular complexity index is 983.